The van der Waals surface area contributed by atoms with Crippen LogP contribution in [-0.4, -0.2) is 65.4 Å². The van der Waals surface area contributed by atoms with Crippen LogP contribution in [0.25, 0.3) is 10.9 Å². The number of pyridine rings is 1. The molecule has 5 nitrogen and oxygen atoms in total. The fourth-order valence-electron chi connectivity index (χ4n) is 3.20. The van der Waals surface area contributed by atoms with E-state index in [1.165, 1.54) is 6.07 Å². The highest BCUT2D eigenvalue weighted by atomic mass is 32.2. The first-order valence-electron chi connectivity index (χ1n) is 7.62. The van der Waals surface area contributed by atoms with E-state index < -0.39 is 0 Å². The van der Waals surface area contributed by atoms with Crippen LogP contribution in [-0.2, 0) is 0 Å². The van der Waals surface area contributed by atoms with Crippen molar-refractivity contribution in [3.63, 3.8) is 0 Å². The Hall–Kier alpha value is -1.79. The second-order valence-corrected chi connectivity index (χ2v) is 7.18. The molecule has 0 saturated carbocycles. The van der Waals surface area contributed by atoms with Gasteiger partial charge in [-0.1, -0.05) is 18.2 Å². The fraction of sp³-hybridized carbons (Fsp3) is 0.412. The maximum atomic E-state index is 13.0. The van der Waals surface area contributed by atoms with Gasteiger partial charge >= 0.3 is 0 Å². The van der Waals surface area contributed by atoms with Crippen LogP contribution in [0.5, 0.6) is 0 Å². The Morgan fingerprint density at radius 2 is 2.04 bits per heavy atom. The third-order valence-electron chi connectivity index (χ3n) is 4.47. The predicted molar refractivity (Wildman–Crippen MR) is 95.3 cm³/mol. The highest BCUT2D eigenvalue weighted by Gasteiger charge is 2.36. The predicted octanol–water partition coefficient (Wildman–Crippen LogP) is 1.65. The number of hydrogen-bond donors (Lipinski definition) is 1. The number of thioether (sulfide) groups is 1. The van der Waals surface area contributed by atoms with Crippen molar-refractivity contribution >= 4 is 28.6 Å². The summed E-state index contributed by atoms with van der Waals surface area (Å²) in [5.41, 5.74) is 0.952. The first kappa shape index (κ1) is 16.1. The molecule has 0 radical (unpaired) electrons. The molecule has 6 heteroatoms. The SMILES string of the molecule is CS[C@@H]1CN(C(=O)c2cc(=O)[nH]c3ccccc23)C[C@H]1N(C)C. The van der Waals surface area contributed by atoms with Gasteiger partial charge in [-0.15, -0.1) is 0 Å². The number of likely N-dealkylation sites (tertiary alicyclic amines) is 1. The van der Waals surface area contributed by atoms with Crippen LogP contribution >= 0.6 is 11.8 Å². The lowest BCUT2D eigenvalue weighted by Crippen LogP contribution is -2.37. The number of rotatable bonds is 3. The zero-order chi connectivity index (χ0) is 16.6. The topological polar surface area (TPSA) is 56.4 Å². The lowest BCUT2D eigenvalue weighted by Gasteiger charge is -2.23. The lowest BCUT2D eigenvalue weighted by molar-refractivity contribution is 0.0785. The molecule has 122 valence electrons. The Balaban J connectivity index is 1.97. The molecule has 2 heterocycles. The number of carbonyl (C=O) groups is 1. The van der Waals surface area contributed by atoms with Gasteiger partial charge in [0.25, 0.3) is 5.91 Å². The molecule has 1 amide bonds. The van der Waals surface area contributed by atoms with Gasteiger partial charge in [-0.25, -0.2) is 0 Å². The van der Waals surface area contributed by atoms with Gasteiger partial charge < -0.3 is 14.8 Å². The summed E-state index contributed by atoms with van der Waals surface area (Å²) >= 11 is 1.79. The monoisotopic (exact) mass is 331 g/mol. The lowest BCUT2D eigenvalue weighted by atomic mass is 10.1. The fourth-order valence-corrected chi connectivity index (χ4v) is 4.17. The van der Waals surface area contributed by atoms with Gasteiger partial charge in [-0.05, 0) is 26.4 Å². The minimum absolute atomic E-state index is 0.0595. The molecule has 2 atom stereocenters. The Morgan fingerprint density at radius 3 is 2.70 bits per heavy atom. The molecule has 0 aliphatic carbocycles. The molecule has 1 fully saturated rings. The number of fused-ring (bicyclic) bond motifs is 1. The normalized spacial score (nSPS) is 21.3. The van der Waals surface area contributed by atoms with Crippen molar-refractivity contribution in [2.24, 2.45) is 0 Å². The van der Waals surface area contributed by atoms with E-state index in [-0.39, 0.29) is 11.5 Å². The molecule has 0 bridgehead atoms. The summed E-state index contributed by atoms with van der Waals surface area (Å²) < 4.78 is 0. The van der Waals surface area contributed by atoms with E-state index in [0.717, 1.165) is 5.39 Å². The Kier molecular flexibility index (Phi) is 4.46. The van der Waals surface area contributed by atoms with Crippen molar-refractivity contribution in [1.82, 2.24) is 14.8 Å². The summed E-state index contributed by atoms with van der Waals surface area (Å²) in [5, 5.41) is 1.19. The first-order chi connectivity index (χ1) is 11.0. The van der Waals surface area contributed by atoms with Crippen LogP contribution in [0.15, 0.2) is 35.1 Å². The summed E-state index contributed by atoms with van der Waals surface area (Å²) in [6.45, 7) is 1.41. The second-order valence-electron chi connectivity index (χ2n) is 6.11. The van der Waals surface area contributed by atoms with Crippen molar-refractivity contribution in [2.45, 2.75) is 11.3 Å². The van der Waals surface area contributed by atoms with Crippen LogP contribution < -0.4 is 5.56 Å². The van der Waals surface area contributed by atoms with Crippen molar-refractivity contribution in [3.05, 3.63) is 46.2 Å². The van der Waals surface area contributed by atoms with Gasteiger partial charge in [0.05, 0.1) is 5.56 Å². The molecule has 1 aromatic carbocycles. The van der Waals surface area contributed by atoms with E-state index in [1.807, 2.05) is 43.3 Å². The summed E-state index contributed by atoms with van der Waals surface area (Å²) in [5.74, 6) is -0.0595. The first-order valence-corrected chi connectivity index (χ1v) is 8.90. The zero-order valence-corrected chi connectivity index (χ0v) is 14.4. The number of carbonyl (C=O) groups excluding carboxylic acids is 1. The van der Waals surface area contributed by atoms with Crippen molar-refractivity contribution < 1.29 is 4.79 Å². The molecule has 3 rings (SSSR count). The highest BCUT2D eigenvalue weighted by molar-refractivity contribution is 7.99. The highest BCUT2D eigenvalue weighted by Crippen LogP contribution is 2.26. The third kappa shape index (κ3) is 3.01. The summed E-state index contributed by atoms with van der Waals surface area (Å²) in [6.07, 6.45) is 2.08. The molecule has 0 spiro atoms. The number of nitrogens with zero attached hydrogens (tertiary/aromatic N) is 2. The van der Waals surface area contributed by atoms with Gasteiger partial charge in [0.2, 0.25) is 5.56 Å². The molecule has 2 aromatic rings. The Bertz CT molecular complexity index is 787. The van der Waals surface area contributed by atoms with E-state index in [4.69, 9.17) is 0 Å². The molecule has 1 aliphatic rings. The van der Waals surface area contributed by atoms with Crippen molar-refractivity contribution in [3.8, 4) is 0 Å². The van der Waals surface area contributed by atoms with Crippen LogP contribution in [0.2, 0.25) is 0 Å². The van der Waals surface area contributed by atoms with E-state index in [0.29, 0.717) is 35.5 Å². The number of aromatic amines is 1. The number of amides is 1. The average molecular weight is 331 g/mol. The summed E-state index contributed by atoms with van der Waals surface area (Å²) in [6, 6.07) is 9.20. The number of para-hydroxylation sites is 1. The molecule has 1 N–H and O–H groups in total. The average Bonchev–Trinajstić information content (AvgIpc) is 2.98. The molecular formula is C17H21N3O2S. The number of H-pyrrole nitrogens is 1. The minimum Gasteiger partial charge on any atom is -0.336 e. The quantitative estimate of drug-likeness (QED) is 0.929. The number of likely N-dealkylation sites (N-methyl/N-ethyl adjacent to an activating group) is 1. The van der Waals surface area contributed by atoms with Gasteiger partial charge in [0.15, 0.2) is 0 Å². The smallest absolute Gasteiger partial charge is 0.254 e. The van der Waals surface area contributed by atoms with Crippen LogP contribution in [0, 0.1) is 0 Å². The third-order valence-corrected chi connectivity index (χ3v) is 5.54. The van der Waals surface area contributed by atoms with E-state index in [1.54, 1.807) is 11.8 Å². The molecule has 23 heavy (non-hydrogen) atoms. The van der Waals surface area contributed by atoms with E-state index >= 15 is 0 Å². The second kappa shape index (κ2) is 6.37. The van der Waals surface area contributed by atoms with Crippen LogP contribution in [0.1, 0.15) is 10.4 Å². The molecule has 1 aromatic heterocycles. The number of nitrogens with one attached hydrogen (secondary N) is 1. The van der Waals surface area contributed by atoms with Gasteiger partial charge in [-0.2, -0.15) is 11.8 Å². The van der Waals surface area contributed by atoms with Gasteiger partial charge in [-0.3, -0.25) is 9.59 Å². The zero-order valence-electron chi connectivity index (χ0n) is 13.6. The molecule has 0 unspecified atom stereocenters. The maximum absolute atomic E-state index is 13.0. The standard InChI is InChI=1S/C17H21N3O2S/c1-19(2)14-9-20(10-15(14)23-3)17(22)12-8-16(21)18-13-7-5-4-6-11(12)13/h4-8,14-15H,9-10H2,1-3H3,(H,18,21)/t14-,15-/m1/s1. The Labute approximate surface area is 139 Å². The van der Waals surface area contributed by atoms with E-state index in [9.17, 15) is 9.59 Å². The maximum Gasteiger partial charge on any atom is 0.254 e. The van der Waals surface area contributed by atoms with E-state index in [2.05, 4.69) is 16.1 Å². The summed E-state index contributed by atoms with van der Waals surface area (Å²) in [7, 11) is 4.09. The van der Waals surface area contributed by atoms with Crippen LogP contribution in [0.3, 0.4) is 0 Å². The van der Waals surface area contributed by atoms with Crippen LogP contribution in [0.4, 0.5) is 0 Å². The van der Waals surface area contributed by atoms with Gasteiger partial charge in [0, 0.05) is 41.4 Å². The van der Waals surface area contributed by atoms with Crippen molar-refractivity contribution in [1.29, 1.82) is 0 Å². The molecule has 1 aliphatic heterocycles. The molecule has 1 saturated heterocycles. The van der Waals surface area contributed by atoms with Crippen molar-refractivity contribution in [2.75, 3.05) is 33.4 Å². The largest absolute Gasteiger partial charge is 0.336 e. The number of benzene rings is 1. The minimum atomic E-state index is -0.239. The number of aromatic nitrogens is 1. The summed E-state index contributed by atoms with van der Waals surface area (Å²) in [4.78, 5) is 31.7. The van der Waals surface area contributed by atoms with Gasteiger partial charge in [0.1, 0.15) is 0 Å². The number of hydrogen-bond acceptors (Lipinski definition) is 4. The Morgan fingerprint density at radius 1 is 1.30 bits per heavy atom. The molecular weight excluding hydrogens is 310 g/mol.